The summed E-state index contributed by atoms with van der Waals surface area (Å²) in [5, 5.41) is 3.18. The second-order valence-corrected chi connectivity index (χ2v) is 9.52. The first-order valence-corrected chi connectivity index (χ1v) is 10.3. The predicted octanol–water partition coefficient (Wildman–Crippen LogP) is 3.15. The van der Waals surface area contributed by atoms with E-state index in [4.69, 9.17) is 5.73 Å². The van der Waals surface area contributed by atoms with E-state index in [0.29, 0.717) is 24.9 Å². The van der Waals surface area contributed by atoms with Gasteiger partial charge in [-0.05, 0) is 42.2 Å². The number of benzene rings is 1. The summed E-state index contributed by atoms with van der Waals surface area (Å²) in [4.78, 5) is 26.6. The van der Waals surface area contributed by atoms with E-state index in [9.17, 15) is 22.8 Å². The van der Waals surface area contributed by atoms with Crippen LogP contribution >= 0.6 is 0 Å². The van der Waals surface area contributed by atoms with Gasteiger partial charge in [0.25, 0.3) is 0 Å². The second-order valence-electron chi connectivity index (χ2n) is 9.52. The van der Waals surface area contributed by atoms with Gasteiger partial charge in [0.05, 0.1) is 6.04 Å². The summed E-state index contributed by atoms with van der Waals surface area (Å²) in [6, 6.07) is -0.0438. The molecule has 30 heavy (non-hydrogen) atoms. The molecule has 0 bridgehead atoms. The lowest BCUT2D eigenvalue weighted by Crippen LogP contribution is -2.57. The number of carbonyl (C=O) groups is 2. The molecule has 1 aliphatic heterocycles. The number of nitrogens with two attached hydrogens (primary N) is 1. The second kappa shape index (κ2) is 9.92. The van der Waals surface area contributed by atoms with Crippen LogP contribution in [0.15, 0.2) is 12.1 Å². The number of nitrogens with zero attached hydrogens (tertiary/aromatic N) is 1. The number of imide groups is 1. The zero-order chi connectivity index (χ0) is 22.6. The SMILES string of the molecule is CC(CC1NCCN(C(=O)CC(N)Cc2cc(F)c(F)cc2F)C1=O)CC(C)(C)C. The van der Waals surface area contributed by atoms with Crippen LogP contribution in [0.25, 0.3) is 0 Å². The molecule has 0 saturated carbocycles. The van der Waals surface area contributed by atoms with E-state index in [2.05, 4.69) is 33.0 Å². The van der Waals surface area contributed by atoms with E-state index in [-0.39, 0.29) is 36.3 Å². The molecule has 0 radical (unpaired) electrons. The molecule has 3 unspecified atom stereocenters. The molecule has 1 aromatic carbocycles. The minimum atomic E-state index is -1.28. The summed E-state index contributed by atoms with van der Waals surface area (Å²) in [6.45, 7) is 9.27. The minimum Gasteiger partial charge on any atom is -0.327 e. The maximum Gasteiger partial charge on any atom is 0.246 e. The van der Waals surface area contributed by atoms with Gasteiger partial charge < -0.3 is 11.1 Å². The van der Waals surface area contributed by atoms with E-state index in [0.717, 1.165) is 12.5 Å². The number of hydrogen-bond donors (Lipinski definition) is 2. The van der Waals surface area contributed by atoms with Gasteiger partial charge >= 0.3 is 0 Å². The van der Waals surface area contributed by atoms with E-state index >= 15 is 0 Å². The highest BCUT2D eigenvalue weighted by molar-refractivity contribution is 5.98. The molecule has 0 aromatic heterocycles. The maximum atomic E-state index is 13.8. The van der Waals surface area contributed by atoms with E-state index in [1.807, 2.05) is 0 Å². The summed E-state index contributed by atoms with van der Waals surface area (Å²) in [6.07, 6.45) is 1.26. The number of amides is 2. The third-order valence-corrected chi connectivity index (χ3v) is 5.20. The van der Waals surface area contributed by atoms with Crippen molar-refractivity contribution in [2.75, 3.05) is 13.1 Å². The first kappa shape index (κ1) is 24.3. The highest BCUT2D eigenvalue weighted by Gasteiger charge is 2.34. The van der Waals surface area contributed by atoms with Crippen LogP contribution in [0.5, 0.6) is 0 Å². The van der Waals surface area contributed by atoms with Crippen LogP contribution in [0.3, 0.4) is 0 Å². The van der Waals surface area contributed by atoms with E-state index in [1.165, 1.54) is 4.90 Å². The van der Waals surface area contributed by atoms with Gasteiger partial charge in [-0.1, -0.05) is 27.7 Å². The number of halogens is 3. The smallest absolute Gasteiger partial charge is 0.246 e. The zero-order valence-electron chi connectivity index (χ0n) is 18.1. The van der Waals surface area contributed by atoms with Crippen molar-refractivity contribution in [2.45, 2.75) is 65.5 Å². The van der Waals surface area contributed by atoms with Crippen molar-refractivity contribution in [3.05, 3.63) is 35.1 Å². The van der Waals surface area contributed by atoms with Crippen molar-refractivity contribution >= 4 is 11.8 Å². The quantitative estimate of drug-likeness (QED) is 0.656. The van der Waals surface area contributed by atoms with Crippen molar-refractivity contribution in [2.24, 2.45) is 17.1 Å². The van der Waals surface area contributed by atoms with Gasteiger partial charge in [-0.2, -0.15) is 0 Å². The van der Waals surface area contributed by atoms with Crippen LogP contribution in [0, 0.1) is 28.8 Å². The zero-order valence-corrected chi connectivity index (χ0v) is 18.1. The van der Waals surface area contributed by atoms with E-state index in [1.54, 1.807) is 0 Å². The summed E-state index contributed by atoms with van der Waals surface area (Å²) in [7, 11) is 0. The number of nitrogens with one attached hydrogen (secondary N) is 1. The number of hydrogen-bond acceptors (Lipinski definition) is 4. The average Bonchev–Trinajstić information content (AvgIpc) is 2.59. The fourth-order valence-corrected chi connectivity index (χ4v) is 4.11. The molecule has 3 N–H and O–H groups in total. The maximum absolute atomic E-state index is 13.8. The molecule has 3 atom stereocenters. The third-order valence-electron chi connectivity index (χ3n) is 5.20. The molecule has 168 valence electrons. The van der Waals surface area contributed by atoms with Crippen molar-refractivity contribution in [3.8, 4) is 0 Å². The molecule has 0 spiro atoms. The fraction of sp³-hybridized carbons (Fsp3) is 0.636. The number of carbonyl (C=O) groups excluding carboxylic acids is 2. The molecule has 1 aliphatic rings. The summed E-state index contributed by atoms with van der Waals surface area (Å²) < 4.78 is 40.2. The molecule has 1 aromatic rings. The largest absolute Gasteiger partial charge is 0.327 e. The van der Waals surface area contributed by atoms with Crippen LogP contribution < -0.4 is 11.1 Å². The Morgan fingerprint density at radius 2 is 1.87 bits per heavy atom. The molecule has 2 rings (SSSR count). The Morgan fingerprint density at radius 3 is 2.50 bits per heavy atom. The Labute approximate surface area is 176 Å². The van der Waals surface area contributed by atoms with Crippen LogP contribution in [0.4, 0.5) is 13.2 Å². The molecule has 8 heteroatoms. The minimum absolute atomic E-state index is 0.102. The molecule has 5 nitrogen and oxygen atoms in total. The lowest BCUT2D eigenvalue weighted by atomic mass is 9.82. The van der Waals surface area contributed by atoms with Gasteiger partial charge in [-0.15, -0.1) is 0 Å². The standard InChI is InChI=1S/C22H32F3N3O2/c1-13(12-22(2,3)4)7-19-21(30)28(6-5-27-19)20(29)10-15(26)8-14-9-17(24)18(25)11-16(14)23/h9,11,13,15,19,27H,5-8,10,12,26H2,1-4H3. The highest BCUT2D eigenvalue weighted by Crippen LogP contribution is 2.27. The lowest BCUT2D eigenvalue weighted by molar-refractivity contribution is -0.148. The van der Waals surface area contributed by atoms with E-state index < -0.39 is 35.4 Å². The van der Waals surface area contributed by atoms with Gasteiger partial charge in [0, 0.05) is 31.6 Å². The van der Waals surface area contributed by atoms with Crippen molar-refractivity contribution in [1.29, 1.82) is 0 Å². The molecule has 1 heterocycles. The van der Waals surface area contributed by atoms with Crippen molar-refractivity contribution in [1.82, 2.24) is 10.2 Å². The molecule has 0 aliphatic carbocycles. The van der Waals surface area contributed by atoms with Gasteiger partial charge in [-0.3, -0.25) is 14.5 Å². The molecule has 1 saturated heterocycles. The Morgan fingerprint density at radius 1 is 1.23 bits per heavy atom. The Hall–Kier alpha value is -1.93. The first-order valence-electron chi connectivity index (χ1n) is 10.3. The van der Waals surface area contributed by atoms with Gasteiger partial charge in [-0.25, -0.2) is 13.2 Å². The van der Waals surface area contributed by atoms with Gasteiger partial charge in [0.1, 0.15) is 5.82 Å². The molecular weight excluding hydrogens is 395 g/mol. The predicted molar refractivity (Wildman–Crippen MR) is 109 cm³/mol. The monoisotopic (exact) mass is 427 g/mol. The van der Waals surface area contributed by atoms with Crippen LogP contribution in [-0.2, 0) is 16.0 Å². The third kappa shape index (κ3) is 6.80. The Balaban J connectivity index is 1.95. The summed E-state index contributed by atoms with van der Waals surface area (Å²) in [5.74, 6) is -3.78. The average molecular weight is 428 g/mol. The Bertz CT molecular complexity index is 780. The van der Waals surface area contributed by atoms with Crippen molar-refractivity contribution < 1.29 is 22.8 Å². The highest BCUT2D eigenvalue weighted by atomic mass is 19.2. The fourth-order valence-electron chi connectivity index (χ4n) is 4.11. The van der Waals surface area contributed by atoms with Gasteiger partial charge in [0.2, 0.25) is 11.8 Å². The summed E-state index contributed by atoms with van der Waals surface area (Å²) in [5.41, 5.74) is 5.99. The normalized spacial score (nSPS) is 19.7. The Kier molecular flexibility index (Phi) is 8.05. The topological polar surface area (TPSA) is 75.4 Å². The number of rotatable bonds is 7. The van der Waals surface area contributed by atoms with Crippen LogP contribution in [0.2, 0.25) is 0 Å². The molecule has 1 fully saturated rings. The van der Waals surface area contributed by atoms with Gasteiger partial charge in [0.15, 0.2) is 11.6 Å². The van der Waals surface area contributed by atoms with Crippen molar-refractivity contribution in [3.63, 3.8) is 0 Å². The summed E-state index contributed by atoms with van der Waals surface area (Å²) >= 11 is 0. The van der Waals surface area contributed by atoms with Crippen LogP contribution in [0.1, 0.15) is 52.5 Å². The number of piperazine rings is 1. The molecule has 2 amide bonds. The lowest BCUT2D eigenvalue weighted by Gasteiger charge is -2.34. The van der Waals surface area contributed by atoms with Crippen LogP contribution in [-0.4, -0.2) is 41.9 Å². The first-order chi connectivity index (χ1) is 13.9. The molecular formula is C22H32F3N3O2.